The van der Waals surface area contributed by atoms with Gasteiger partial charge in [0.2, 0.25) is 12.7 Å². The first-order valence-electron chi connectivity index (χ1n) is 8.04. The molecular weight excluding hydrogens is 431 g/mol. The van der Waals surface area contributed by atoms with E-state index in [4.69, 9.17) is 9.47 Å². The van der Waals surface area contributed by atoms with Gasteiger partial charge in [-0.1, -0.05) is 22.0 Å². The average Bonchev–Trinajstić information content (AvgIpc) is 3.27. The van der Waals surface area contributed by atoms with Crippen LogP contribution >= 0.6 is 15.9 Å². The lowest BCUT2D eigenvalue weighted by atomic mass is 9.94. The van der Waals surface area contributed by atoms with Gasteiger partial charge in [-0.05, 0) is 48.7 Å². The number of anilines is 1. The van der Waals surface area contributed by atoms with Crippen LogP contribution in [-0.2, 0) is 10.2 Å². The minimum Gasteiger partial charge on any atom is -0.454 e. The number of hydrogen-bond acceptors (Lipinski definition) is 4. The first kappa shape index (κ1) is 18.0. The number of amides is 1. The molecule has 0 saturated heterocycles. The number of benzene rings is 2. The van der Waals surface area contributed by atoms with Gasteiger partial charge in [-0.2, -0.15) is 0 Å². The number of alkyl halides is 3. The van der Waals surface area contributed by atoms with Crippen molar-refractivity contribution in [3.63, 3.8) is 0 Å². The highest BCUT2D eigenvalue weighted by Crippen LogP contribution is 2.51. The van der Waals surface area contributed by atoms with Crippen molar-refractivity contribution in [2.24, 2.45) is 0 Å². The highest BCUT2D eigenvalue weighted by Gasteiger charge is 2.52. The molecule has 0 aromatic heterocycles. The zero-order valence-electron chi connectivity index (χ0n) is 13.7. The van der Waals surface area contributed by atoms with Crippen LogP contribution in [0.15, 0.2) is 40.9 Å². The van der Waals surface area contributed by atoms with Crippen LogP contribution in [0.4, 0.5) is 18.9 Å². The van der Waals surface area contributed by atoms with Crippen LogP contribution < -0.4 is 19.5 Å². The summed E-state index contributed by atoms with van der Waals surface area (Å²) in [6.45, 7) is 0.119. The topological polar surface area (TPSA) is 56.8 Å². The SMILES string of the molecule is O=C(Nc1cc(Br)ccc1OC(F)(F)F)C1(c2ccc3c(c2)OCO3)CC1. The fourth-order valence-corrected chi connectivity index (χ4v) is 3.38. The number of ether oxygens (including phenoxy) is 3. The van der Waals surface area contributed by atoms with Crippen molar-refractivity contribution in [2.45, 2.75) is 24.6 Å². The van der Waals surface area contributed by atoms with Crippen LogP contribution in [0.25, 0.3) is 0 Å². The number of carbonyl (C=O) groups is 1. The lowest BCUT2D eigenvalue weighted by molar-refractivity contribution is -0.274. The molecule has 0 unspecified atom stereocenters. The molecule has 1 aliphatic carbocycles. The largest absolute Gasteiger partial charge is 0.573 e. The van der Waals surface area contributed by atoms with Crippen LogP contribution in [-0.4, -0.2) is 19.1 Å². The fraction of sp³-hybridized carbons (Fsp3) is 0.278. The number of nitrogens with one attached hydrogen (secondary N) is 1. The maximum atomic E-state index is 12.9. The van der Waals surface area contributed by atoms with Crippen molar-refractivity contribution < 1.29 is 32.2 Å². The summed E-state index contributed by atoms with van der Waals surface area (Å²) < 4.78 is 53.0. The molecule has 2 aromatic carbocycles. The van der Waals surface area contributed by atoms with Gasteiger partial charge in [0.15, 0.2) is 17.2 Å². The quantitative estimate of drug-likeness (QED) is 0.740. The van der Waals surface area contributed by atoms with Crippen molar-refractivity contribution in [1.29, 1.82) is 0 Å². The molecule has 0 spiro atoms. The van der Waals surface area contributed by atoms with E-state index in [-0.39, 0.29) is 12.5 Å². The molecule has 1 heterocycles. The van der Waals surface area contributed by atoms with Gasteiger partial charge in [0.05, 0.1) is 11.1 Å². The molecule has 5 nitrogen and oxygen atoms in total. The summed E-state index contributed by atoms with van der Waals surface area (Å²) in [6.07, 6.45) is -3.69. The van der Waals surface area contributed by atoms with Crippen LogP contribution in [0.1, 0.15) is 18.4 Å². The second-order valence-electron chi connectivity index (χ2n) is 6.29. The van der Waals surface area contributed by atoms with Gasteiger partial charge in [-0.3, -0.25) is 4.79 Å². The number of rotatable bonds is 4. The third-order valence-corrected chi connectivity index (χ3v) is 5.02. The van der Waals surface area contributed by atoms with Crippen molar-refractivity contribution in [1.82, 2.24) is 0 Å². The monoisotopic (exact) mass is 443 g/mol. The van der Waals surface area contributed by atoms with E-state index in [1.54, 1.807) is 18.2 Å². The fourth-order valence-electron chi connectivity index (χ4n) is 3.02. The molecule has 0 atom stereocenters. The Kier molecular flexibility index (Phi) is 4.21. The first-order valence-corrected chi connectivity index (χ1v) is 8.83. The van der Waals surface area contributed by atoms with Gasteiger partial charge >= 0.3 is 6.36 Å². The molecule has 1 N–H and O–H groups in total. The summed E-state index contributed by atoms with van der Waals surface area (Å²) in [5.74, 6) is 0.282. The van der Waals surface area contributed by atoms with E-state index >= 15 is 0 Å². The summed E-state index contributed by atoms with van der Waals surface area (Å²) in [5, 5.41) is 2.58. The molecule has 1 aliphatic heterocycles. The van der Waals surface area contributed by atoms with Gasteiger partial charge in [0, 0.05) is 4.47 Å². The third kappa shape index (κ3) is 3.55. The number of hydrogen-bond donors (Lipinski definition) is 1. The highest BCUT2D eigenvalue weighted by atomic mass is 79.9. The summed E-state index contributed by atoms with van der Waals surface area (Å²) in [4.78, 5) is 12.9. The van der Waals surface area contributed by atoms with E-state index in [1.807, 2.05) is 0 Å². The molecule has 27 heavy (non-hydrogen) atoms. The Labute approximate surface area is 160 Å². The average molecular weight is 444 g/mol. The normalized spacial score (nSPS) is 16.7. The minimum atomic E-state index is -4.86. The van der Waals surface area contributed by atoms with Crippen LogP contribution in [0, 0.1) is 0 Å². The molecule has 2 aliphatic rings. The van der Waals surface area contributed by atoms with E-state index in [2.05, 4.69) is 26.0 Å². The van der Waals surface area contributed by atoms with E-state index in [0.29, 0.717) is 28.8 Å². The van der Waals surface area contributed by atoms with Gasteiger partial charge in [0.25, 0.3) is 0 Å². The zero-order chi connectivity index (χ0) is 19.2. The summed E-state index contributed by atoms with van der Waals surface area (Å²) >= 11 is 3.19. The maximum absolute atomic E-state index is 12.9. The minimum absolute atomic E-state index is 0.0567. The molecule has 1 fully saturated rings. The van der Waals surface area contributed by atoms with Gasteiger partial charge in [-0.15, -0.1) is 13.2 Å². The molecule has 1 saturated carbocycles. The van der Waals surface area contributed by atoms with Gasteiger partial charge in [0.1, 0.15) is 0 Å². The van der Waals surface area contributed by atoms with E-state index in [0.717, 1.165) is 11.6 Å². The summed E-state index contributed by atoms with van der Waals surface area (Å²) in [6, 6.07) is 9.16. The number of fused-ring (bicyclic) bond motifs is 1. The van der Waals surface area contributed by atoms with Gasteiger partial charge in [-0.25, -0.2) is 0 Å². The molecule has 0 bridgehead atoms. The number of halogens is 4. The Morgan fingerprint density at radius 3 is 2.56 bits per heavy atom. The Morgan fingerprint density at radius 1 is 1.11 bits per heavy atom. The molecule has 1 amide bonds. The lowest BCUT2D eigenvalue weighted by Crippen LogP contribution is -2.28. The van der Waals surface area contributed by atoms with Crippen LogP contribution in [0.2, 0.25) is 0 Å². The summed E-state index contributed by atoms with van der Waals surface area (Å²) in [5.41, 5.74) is -0.130. The van der Waals surface area contributed by atoms with Crippen LogP contribution in [0.3, 0.4) is 0 Å². The smallest absolute Gasteiger partial charge is 0.454 e. The second-order valence-corrected chi connectivity index (χ2v) is 7.21. The zero-order valence-corrected chi connectivity index (χ0v) is 15.3. The van der Waals surface area contributed by atoms with E-state index < -0.39 is 23.4 Å². The molecule has 0 radical (unpaired) electrons. The van der Waals surface area contributed by atoms with Crippen molar-refractivity contribution in [3.8, 4) is 17.2 Å². The van der Waals surface area contributed by atoms with Crippen molar-refractivity contribution >= 4 is 27.5 Å². The lowest BCUT2D eigenvalue weighted by Gasteiger charge is -2.19. The molecular formula is C18H13BrF3NO4. The second kappa shape index (κ2) is 6.33. The Morgan fingerprint density at radius 2 is 1.85 bits per heavy atom. The number of carbonyl (C=O) groups excluding carboxylic acids is 1. The van der Waals surface area contributed by atoms with Crippen molar-refractivity contribution in [2.75, 3.05) is 12.1 Å². The molecule has 142 valence electrons. The predicted molar refractivity (Wildman–Crippen MR) is 92.9 cm³/mol. The van der Waals surface area contributed by atoms with E-state index in [1.165, 1.54) is 12.1 Å². The van der Waals surface area contributed by atoms with Crippen LogP contribution in [0.5, 0.6) is 17.2 Å². The molecule has 2 aromatic rings. The van der Waals surface area contributed by atoms with Gasteiger partial charge < -0.3 is 19.5 Å². The Balaban J connectivity index is 1.60. The highest BCUT2D eigenvalue weighted by molar-refractivity contribution is 9.10. The van der Waals surface area contributed by atoms with E-state index in [9.17, 15) is 18.0 Å². The summed E-state index contributed by atoms with van der Waals surface area (Å²) in [7, 11) is 0. The van der Waals surface area contributed by atoms with Crippen molar-refractivity contribution in [3.05, 3.63) is 46.4 Å². The Bertz CT molecular complexity index is 912. The Hall–Kier alpha value is -2.42. The first-order chi connectivity index (χ1) is 12.8. The third-order valence-electron chi connectivity index (χ3n) is 4.53. The standard InChI is InChI=1S/C18H13BrF3NO4/c19-11-2-4-13(27-18(20,21)22)12(8-11)23-16(24)17(5-6-17)10-1-3-14-15(7-10)26-9-25-14/h1-4,7-8H,5-6,9H2,(H,23,24). The molecule has 9 heteroatoms. The molecule has 4 rings (SSSR count). The predicted octanol–water partition coefficient (Wildman–Crippen LogP) is 4.75. The maximum Gasteiger partial charge on any atom is 0.573 e.